The van der Waals surface area contributed by atoms with Crippen LogP contribution in [0.5, 0.6) is 0 Å². The smallest absolute Gasteiger partial charge is 0.220 e. The number of amides is 1. The minimum Gasteiger partial charge on any atom is -0.395 e. The molecule has 30 heavy (non-hydrogen) atoms. The van der Waals surface area contributed by atoms with E-state index in [2.05, 4.69) is 26.1 Å². The molecule has 4 saturated carbocycles. The van der Waals surface area contributed by atoms with Crippen LogP contribution in [0, 0.1) is 46.3 Å². The van der Waals surface area contributed by atoms with Gasteiger partial charge in [0.1, 0.15) is 0 Å². The summed E-state index contributed by atoms with van der Waals surface area (Å²) in [6.07, 6.45) is 12.9. The number of fused-ring (bicyclic) bond motifs is 5. The number of hydrogen-bond donors (Lipinski definition) is 3. The molecular weight excluding hydrogens is 374 g/mol. The number of nitrogens with one attached hydrogen (secondary N) is 1. The monoisotopic (exact) mass is 419 g/mol. The van der Waals surface area contributed by atoms with Crippen LogP contribution in [-0.2, 0) is 4.79 Å². The van der Waals surface area contributed by atoms with E-state index in [0.717, 1.165) is 48.9 Å². The minimum atomic E-state index is -0.0558. The molecule has 4 aliphatic rings. The van der Waals surface area contributed by atoms with Crippen LogP contribution >= 0.6 is 0 Å². The first kappa shape index (κ1) is 22.6. The molecule has 0 aromatic heterocycles. The third-order valence-corrected chi connectivity index (χ3v) is 10.7. The summed E-state index contributed by atoms with van der Waals surface area (Å²) >= 11 is 0. The Kier molecular flexibility index (Phi) is 6.57. The van der Waals surface area contributed by atoms with Gasteiger partial charge in [-0.3, -0.25) is 4.79 Å². The fourth-order valence-electron chi connectivity index (χ4n) is 9.05. The highest BCUT2D eigenvalue weighted by molar-refractivity contribution is 5.75. The highest BCUT2D eigenvalue weighted by atomic mass is 16.3. The van der Waals surface area contributed by atoms with Crippen LogP contribution in [0.25, 0.3) is 0 Å². The summed E-state index contributed by atoms with van der Waals surface area (Å²) in [5.74, 6) is 4.76. The molecule has 4 heteroatoms. The maximum atomic E-state index is 12.0. The van der Waals surface area contributed by atoms with Crippen LogP contribution in [0.4, 0.5) is 0 Å². The summed E-state index contributed by atoms with van der Waals surface area (Å²) in [7, 11) is 0. The van der Waals surface area contributed by atoms with Crippen molar-refractivity contribution in [3.8, 4) is 0 Å². The van der Waals surface area contributed by atoms with E-state index in [4.69, 9.17) is 5.11 Å². The SMILES string of the molecule is C[C@@H](CCC(=O)NCCO)[C@H]1CC[C@H]2[C@H]3CC[C@@H]4C[C@H](O)CC[C@]4(C)[C@@H]3CC[C@]12C. The average molecular weight is 420 g/mol. The minimum absolute atomic E-state index is 0.0188. The molecule has 0 aliphatic heterocycles. The largest absolute Gasteiger partial charge is 0.395 e. The lowest BCUT2D eigenvalue weighted by atomic mass is 9.44. The standard InChI is InChI=1S/C26H45NO3/c1-17(4-9-24(30)27-14-15-28)21-7-8-22-20-6-5-18-16-19(29)10-12-25(18,2)23(20)11-13-26(21,22)3/h17-23,28-29H,4-16H2,1-3H3,(H,27,30)/t17-,18+,19+,20+,21+,22-,23+,25-,26+/m0/s1. The predicted octanol–water partition coefficient (Wildman–Crippen LogP) is 4.53. The molecule has 0 radical (unpaired) electrons. The van der Waals surface area contributed by atoms with Crippen LogP contribution in [0.1, 0.15) is 91.4 Å². The molecule has 0 bridgehead atoms. The second kappa shape index (κ2) is 8.73. The second-order valence-electron chi connectivity index (χ2n) is 11.9. The van der Waals surface area contributed by atoms with Gasteiger partial charge in [0, 0.05) is 13.0 Å². The lowest BCUT2D eigenvalue weighted by Crippen LogP contribution is -2.54. The third kappa shape index (κ3) is 3.85. The van der Waals surface area contributed by atoms with Gasteiger partial charge in [-0.2, -0.15) is 0 Å². The zero-order valence-electron chi connectivity index (χ0n) is 19.5. The van der Waals surface area contributed by atoms with E-state index in [9.17, 15) is 9.90 Å². The average Bonchev–Trinajstić information content (AvgIpc) is 3.08. The van der Waals surface area contributed by atoms with Crippen LogP contribution < -0.4 is 5.32 Å². The van der Waals surface area contributed by atoms with Crippen molar-refractivity contribution >= 4 is 5.91 Å². The molecule has 0 aromatic carbocycles. The third-order valence-electron chi connectivity index (χ3n) is 10.7. The predicted molar refractivity (Wildman–Crippen MR) is 120 cm³/mol. The van der Waals surface area contributed by atoms with Gasteiger partial charge in [0.2, 0.25) is 5.91 Å². The summed E-state index contributed by atoms with van der Waals surface area (Å²) in [5.41, 5.74) is 0.900. The van der Waals surface area contributed by atoms with Gasteiger partial charge in [-0.1, -0.05) is 20.8 Å². The van der Waals surface area contributed by atoms with Gasteiger partial charge in [-0.05, 0) is 111 Å². The Labute approximate surface area is 183 Å². The molecular formula is C26H45NO3. The van der Waals surface area contributed by atoms with E-state index < -0.39 is 0 Å². The molecule has 1 amide bonds. The lowest BCUT2D eigenvalue weighted by Gasteiger charge is -2.61. The highest BCUT2D eigenvalue weighted by Gasteiger charge is 2.60. The number of aliphatic hydroxyl groups excluding tert-OH is 2. The normalized spacial score (nSPS) is 46.4. The Morgan fingerprint density at radius 3 is 2.53 bits per heavy atom. The summed E-state index contributed by atoms with van der Waals surface area (Å²) in [6, 6.07) is 0. The highest BCUT2D eigenvalue weighted by Crippen LogP contribution is 2.68. The van der Waals surface area contributed by atoms with Gasteiger partial charge in [0.25, 0.3) is 0 Å². The molecule has 0 heterocycles. The maximum absolute atomic E-state index is 12.0. The molecule has 0 unspecified atom stereocenters. The summed E-state index contributed by atoms with van der Waals surface area (Å²) in [5, 5.41) is 21.9. The van der Waals surface area contributed by atoms with E-state index in [0.29, 0.717) is 29.7 Å². The zero-order chi connectivity index (χ0) is 21.5. The first-order chi connectivity index (χ1) is 14.3. The molecule has 172 valence electrons. The van der Waals surface area contributed by atoms with Crippen LogP contribution in [-0.4, -0.2) is 35.4 Å². The van der Waals surface area contributed by atoms with Crippen molar-refractivity contribution in [2.75, 3.05) is 13.2 Å². The second-order valence-corrected chi connectivity index (χ2v) is 11.9. The summed E-state index contributed by atoms with van der Waals surface area (Å²) in [4.78, 5) is 12.0. The van der Waals surface area contributed by atoms with E-state index in [1.807, 2.05) is 0 Å². The Hall–Kier alpha value is -0.610. The van der Waals surface area contributed by atoms with Crippen molar-refractivity contribution < 1.29 is 15.0 Å². The Balaban J connectivity index is 1.42. The molecule has 0 saturated heterocycles. The van der Waals surface area contributed by atoms with Crippen molar-refractivity contribution in [1.29, 1.82) is 0 Å². The zero-order valence-corrected chi connectivity index (χ0v) is 19.5. The van der Waals surface area contributed by atoms with Gasteiger partial charge >= 0.3 is 0 Å². The van der Waals surface area contributed by atoms with Crippen LogP contribution in [0.2, 0.25) is 0 Å². The van der Waals surface area contributed by atoms with Crippen LogP contribution in [0.15, 0.2) is 0 Å². The van der Waals surface area contributed by atoms with Crippen molar-refractivity contribution in [2.24, 2.45) is 46.3 Å². The number of aliphatic hydroxyl groups is 2. The molecule has 4 nitrogen and oxygen atoms in total. The molecule has 4 rings (SSSR count). The first-order valence-electron chi connectivity index (χ1n) is 12.8. The number of carbonyl (C=O) groups excluding carboxylic acids is 1. The van der Waals surface area contributed by atoms with Gasteiger partial charge in [0.15, 0.2) is 0 Å². The van der Waals surface area contributed by atoms with Gasteiger partial charge in [-0.15, -0.1) is 0 Å². The maximum Gasteiger partial charge on any atom is 0.220 e. The van der Waals surface area contributed by atoms with Crippen molar-refractivity contribution in [1.82, 2.24) is 5.32 Å². The van der Waals surface area contributed by atoms with E-state index >= 15 is 0 Å². The topological polar surface area (TPSA) is 69.6 Å². The first-order valence-corrected chi connectivity index (χ1v) is 12.8. The quantitative estimate of drug-likeness (QED) is 0.592. The molecule has 4 fully saturated rings. The number of rotatable bonds is 6. The summed E-state index contributed by atoms with van der Waals surface area (Å²) in [6.45, 7) is 7.93. The van der Waals surface area contributed by atoms with E-state index in [1.165, 1.54) is 44.9 Å². The molecule has 0 spiro atoms. The van der Waals surface area contributed by atoms with Crippen LogP contribution in [0.3, 0.4) is 0 Å². The van der Waals surface area contributed by atoms with Gasteiger partial charge in [-0.25, -0.2) is 0 Å². The van der Waals surface area contributed by atoms with E-state index in [1.54, 1.807) is 0 Å². The van der Waals surface area contributed by atoms with Crippen molar-refractivity contribution in [2.45, 2.75) is 97.5 Å². The van der Waals surface area contributed by atoms with E-state index in [-0.39, 0.29) is 18.6 Å². The molecule has 9 atom stereocenters. The lowest BCUT2D eigenvalue weighted by molar-refractivity contribution is -0.129. The molecule has 4 aliphatic carbocycles. The fraction of sp³-hybridized carbons (Fsp3) is 0.962. The Bertz CT molecular complexity index is 623. The number of hydrogen-bond acceptors (Lipinski definition) is 3. The molecule has 3 N–H and O–H groups in total. The van der Waals surface area contributed by atoms with Gasteiger partial charge < -0.3 is 15.5 Å². The Morgan fingerprint density at radius 2 is 1.77 bits per heavy atom. The summed E-state index contributed by atoms with van der Waals surface area (Å²) < 4.78 is 0. The fourth-order valence-corrected chi connectivity index (χ4v) is 9.05. The van der Waals surface area contributed by atoms with Crippen molar-refractivity contribution in [3.63, 3.8) is 0 Å². The Morgan fingerprint density at radius 1 is 1.03 bits per heavy atom. The van der Waals surface area contributed by atoms with Gasteiger partial charge in [0.05, 0.1) is 12.7 Å². The van der Waals surface area contributed by atoms with Crippen molar-refractivity contribution in [3.05, 3.63) is 0 Å². The molecule has 0 aromatic rings. The number of carbonyl (C=O) groups is 1.